The lowest BCUT2D eigenvalue weighted by atomic mass is 10.2. The highest BCUT2D eigenvalue weighted by Crippen LogP contribution is 2.29. The minimum absolute atomic E-state index is 0.0361. The van der Waals surface area contributed by atoms with Crippen LogP contribution in [-0.4, -0.2) is 21.5 Å². The SMILES string of the molecule is COc1ccc(S(=O)(=O)[N-]c2cccc(C=CC(=O)[O-])c2)cc1. The number of methoxy groups -OCH3 is 1. The van der Waals surface area contributed by atoms with E-state index >= 15 is 0 Å². The maximum absolute atomic E-state index is 12.2. The molecule has 0 heterocycles. The van der Waals surface area contributed by atoms with Crippen LogP contribution in [0, 0.1) is 0 Å². The second-order valence-corrected chi connectivity index (χ2v) is 6.09. The number of ether oxygens (including phenoxy) is 1. The van der Waals surface area contributed by atoms with Gasteiger partial charge in [0.05, 0.1) is 18.0 Å². The molecule has 0 fully saturated rings. The van der Waals surface area contributed by atoms with E-state index in [-0.39, 0.29) is 10.6 Å². The van der Waals surface area contributed by atoms with Crippen molar-refractivity contribution in [2.24, 2.45) is 0 Å². The fraction of sp³-hybridized carbons (Fsp3) is 0.0625. The van der Waals surface area contributed by atoms with Crippen molar-refractivity contribution >= 4 is 27.8 Å². The maximum atomic E-state index is 12.2. The Balaban J connectivity index is 2.22. The van der Waals surface area contributed by atoms with Crippen LogP contribution in [0.25, 0.3) is 10.8 Å². The Bertz CT molecular complexity index is 826. The first-order valence-electron chi connectivity index (χ1n) is 6.52. The molecule has 6 nitrogen and oxygen atoms in total. The van der Waals surface area contributed by atoms with Gasteiger partial charge in [-0.3, -0.25) is 0 Å². The van der Waals surface area contributed by atoms with E-state index in [9.17, 15) is 18.3 Å². The Morgan fingerprint density at radius 1 is 1.17 bits per heavy atom. The first-order chi connectivity index (χ1) is 10.9. The number of hydrogen-bond donors (Lipinski definition) is 0. The molecule has 0 saturated heterocycles. The van der Waals surface area contributed by atoms with Gasteiger partial charge in [0, 0.05) is 0 Å². The molecule has 0 aromatic heterocycles. The Morgan fingerprint density at radius 2 is 1.87 bits per heavy atom. The Kier molecular flexibility index (Phi) is 5.02. The van der Waals surface area contributed by atoms with Gasteiger partial charge in [0.2, 0.25) is 0 Å². The van der Waals surface area contributed by atoms with E-state index in [1.807, 2.05) is 0 Å². The van der Waals surface area contributed by atoms with E-state index in [1.165, 1.54) is 49.6 Å². The van der Waals surface area contributed by atoms with Gasteiger partial charge < -0.3 is 19.4 Å². The van der Waals surface area contributed by atoms with Crippen LogP contribution in [0.1, 0.15) is 5.56 Å². The number of carboxylic acids is 1. The summed E-state index contributed by atoms with van der Waals surface area (Å²) in [6.45, 7) is 0. The molecule has 0 atom stereocenters. The third kappa shape index (κ3) is 4.58. The molecule has 0 bridgehead atoms. The zero-order chi connectivity index (χ0) is 16.9. The largest absolute Gasteiger partial charge is 0.573 e. The fourth-order valence-electron chi connectivity index (χ4n) is 1.79. The predicted molar refractivity (Wildman–Crippen MR) is 83.7 cm³/mol. The molecule has 0 aliphatic carbocycles. The number of carbonyl (C=O) groups is 1. The zero-order valence-electron chi connectivity index (χ0n) is 12.2. The van der Waals surface area contributed by atoms with Crippen molar-refractivity contribution in [3.8, 4) is 5.75 Å². The lowest BCUT2D eigenvalue weighted by Crippen LogP contribution is -2.18. The molecule has 0 aliphatic heterocycles. The number of benzene rings is 2. The van der Waals surface area contributed by atoms with E-state index in [4.69, 9.17) is 4.74 Å². The minimum Gasteiger partial charge on any atom is -0.573 e. The van der Waals surface area contributed by atoms with Gasteiger partial charge in [0.15, 0.2) is 0 Å². The summed E-state index contributed by atoms with van der Waals surface area (Å²) in [5.41, 5.74) is 0.696. The predicted octanol–water partition coefficient (Wildman–Crippen LogP) is 1.85. The van der Waals surface area contributed by atoms with Gasteiger partial charge in [0.1, 0.15) is 15.8 Å². The van der Waals surface area contributed by atoms with E-state index in [0.29, 0.717) is 11.3 Å². The summed E-state index contributed by atoms with van der Waals surface area (Å²) < 4.78 is 33.2. The molecule has 0 N–H and O–H groups in total. The monoisotopic (exact) mass is 331 g/mol. The van der Waals surface area contributed by atoms with E-state index < -0.39 is 16.0 Å². The summed E-state index contributed by atoms with van der Waals surface area (Å²) >= 11 is 0. The van der Waals surface area contributed by atoms with Crippen LogP contribution >= 0.6 is 0 Å². The van der Waals surface area contributed by atoms with Crippen molar-refractivity contribution < 1.29 is 23.1 Å². The molecule has 2 aromatic carbocycles. The van der Waals surface area contributed by atoms with Gasteiger partial charge >= 0.3 is 0 Å². The Hall–Kier alpha value is -2.80. The summed E-state index contributed by atoms with van der Waals surface area (Å²) in [6.07, 6.45) is 2.16. The van der Waals surface area contributed by atoms with Crippen LogP contribution in [0.15, 0.2) is 59.5 Å². The number of carbonyl (C=O) groups excluding carboxylic acids is 1. The molecule has 7 heteroatoms. The quantitative estimate of drug-likeness (QED) is 0.752. The van der Waals surface area contributed by atoms with Crippen molar-refractivity contribution in [2.75, 3.05) is 7.11 Å². The van der Waals surface area contributed by atoms with Crippen molar-refractivity contribution in [1.82, 2.24) is 0 Å². The first kappa shape index (κ1) is 16.6. The standard InChI is InChI=1S/C16H14NO5S/c1-22-14-6-8-15(9-7-14)23(20,21)17-13-4-2-3-12(11-13)5-10-16(18)19/h2-11H,1H3,(H,18,19)/q-1/p-1. The molecule has 2 rings (SSSR count). The number of hydrogen-bond acceptors (Lipinski definition) is 5. The van der Waals surface area contributed by atoms with Gasteiger partial charge in [-0.2, -0.15) is 0 Å². The van der Waals surface area contributed by atoms with Crippen molar-refractivity contribution in [1.29, 1.82) is 0 Å². The number of aliphatic carboxylic acids is 1. The third-order valence-electron chi connectivity index (χ3n) is 2.86. The van der Waals surface area contributed by atoms with Gasteiger partial charge in [-0.25, -0.2) is 8.42 Å². The average Bonchev–Trinajstić information content (AvgIpc) is 2.53. The van der Waals surface area contributed by atoms with E-state index in [0.717, 1.165) is 6.08 Å². The van der Waals surface area contributed by atoms with Gasteiger partial charge in [0.25, 0.3) is 0 Å². The zero-order valence-corrected chi connectivity index (χ0v) is 13.0. The molecule has 2 aromatic rings. The molecule has 0 spiro atoms. The summed E-state index contributed by atoms with van der Waals surface area (Å²) in [7, 11) is -2.38. The van der Waals surface area contributed by atoms with Crippen molar-refractivity contribution in [3.63, 3.8) is 0 Å². The second kappa shape index (κ2) is 6.97. The molecule has 23 heavy (non-hydrogen) atoms. The smallest absolute Gasteiger partial charge is 0.123 e. The van der Waals surface area contributed by atoms with Crippen molar-refractivity contribution in [3.05, 3.63) is 64.9 Å². The molecule has 0 radical (unpaired) electrons. The summed E-state index contributed by atoms with van der Waals surface area (Å²) in [5, 5.41) is 10.4. The topological polar surface area (TPSA) is 97.6 Å². The van der Waals surface area contributed by atoms with Crippen LogP contribution in [0.4, 0.5) is 5.69 Å². The lowest BCUT2D eigenvalue weighted by Gasteiger charge is -2.22. The van der Waals surface area contributed by atoms with Crippen LogP contribution < -0.4 is 9.84 Å². The van der Waals surface area contributed by atoms with Crippen LogP contribution in [0.3, 0.4) is 0 Å². The average molecular weight is 331 g/mol. The van der Waals surface area contributed by atoms with E-state index in [2.05, 4.69) is 4.72 Å². The molecule has 120 valence electrons. The highest BCUT2D eigenvalue weighted by Gasteiger charge is 2.05. The first-order valence-corrected chi connectivity index (χ1v) is 7.96. The molecule has 0 aliphatic rings. The molecular formula is C16H13NO5S-2. The summed E-state index contributed by atoms with van der Waals surface area (Å²) in [5.74, 6) is -0.795. The molecule has 0 unspecified atom stereocenters. The highest BCUT2D eigenvalue weighted by atomic mass is 32.2. The Labute approximate surface area is 134 Å². The maximum Gasteiger partial charge on any atom is 0.123 e. The number of nitrogens with zero attached hydrogens (tertiary/aromatic N) is 1. The van der Waals surface area contributed by atoms with E-state index in [1.54, 1.807) is 12.1 Å². The molecule has 0 amide bonds. The molecule has 0 saturated carbocycles. The number of carboxylic acid groups (broad SMARTS) is 1. The third-order valence-corrected chi connectivity index (χ3v) is 4.18. The van der Waals surface area contributed by atoms with Gasteiger partial charge in [-0.1, -0.05) is 30.3 Å². The fourth-order valence-corrected chi connectivity index (χ4v) is 2.77. The van der Waals surface area contributed by atoms with Gasteiger partial charge in [-0.05, 0) is 35.9 Å². The molecular weight excluding hydrogens is 318 g/mol. The second-order valence-electron chi connectivity index (χ2n) is 4.49. The lowest BCUT2D eigenvalue weighted by molar-refractivity contribution is -0.297. The number of rotatable bonds is 6. The number of sulfonamides is 1. The van der Waals surface area contributed by atoms with Crippen LogP contribution in [0.5, 0.6) is 5.75 Å². The summed E-state index contributed by atoms with van der Waals surface area (Å²) in [4.78, 5) is 10.4. The normalized spacial score (nSPS) is 11.3. The van der Waals surface area contributed by atoms with Crippen LogP contribution in [-0.2, 0) is 14.8 Å². The Morgan fingerprint density at radius 3 is 2.48 bits per heavy atom. The summed E-state index contributed by atoms with van der Waals surface area (Å²) in [6, 6.07) is 12.0. The highest BCUT2D eigenvalue weighted by molar-refractivity contribution is 7.94. The van der Waals surface area contributed by atoms with Crippen molar-refractivity contribution in [2.45, 2.75) is 4.90 Å². The van der Waals surface area contributed by atoms with Crippen LogP contribution in [0.2, 0.25) is 0 Å². The van der Waals surface area contributed by atoms with Gasteiger partial charge in [-0.15, -0.1) is 5.69 Å². The minimum atomic E-state index is -3.87.